The Morgan fingerprint density at radius 1 is 0.902 bits per heavy atom. The maximum Gasteiger partial charge on any atom is 0.296 e. The van der Waals surface area contributed by atoms with Crippen LogP contribution in [0.2, 0.25) is 0 Å². The molecule has 5 aromatic rings. The minimum Gasteiger partial charge on any atom is -0.283 e. The molecule has 0 unspecified atom stereocenters. The molecule has 0 radical (unpaired) electrons. The molecule has 0 N–H and O–H groups in total. The third-order valence-electron chi connectivity index (χ3n) is 6.82. The maximum atomic E-state index is 13.8. The highest BCUT2D eigenvalue weighted by Gasteiger charge is 2.38. The van der Waals surface area contributed by atoms with E-state index >= 15 is 0 Å². The Hall–Kier alpha value is -4.19. The number of carbonyl (C=O) groups is 1. The van der Waals surface area contributed by atoms with E-state index in [0.29, 0.717) is 22.1 Å². The van der Waals surface area contributed by atoms with Crippen LogP contribution in [-0.2, 0) is 11.8 Å². The lowest BCUT2D eigenvalue weighted by Crippen LogP contribution is -2.33. The highest BCUT2D eigenvalue weighted by atomic mass is 32.2. The van der Waals surface area contributed by atoms with Crippen molar-refractivity contribution in [3.8, 4) is 5.69 Å². The fourth-order valence-corrected chi connectivity index (χ4v) is 6.85. The lowest BCUT2D eigenvalue weighted by Gasteiger charge is -2.12. The number of para-hydroxylation sites is 1. The second-order valence-corrected chi connectivity index (χ2v) is 12.1. The van der Waals surface area contributed by atoms with Crippen molar-refractivity contribution in [3.05, 3.63) is 121 Å². The lowest BCUT2D eigenvalue weighted by atomic mass is 10.2. The first-order chi connectivity index (χ1) is 19.8. The van der Waals surface area contributed by atoms with Gasteiger partial charge >= 0.3 is 0 Å². The number of thioether (sulfide) groups is 1. The number of thiocarbonyl (C=S) groups is 1. The molecule has 0 spiro atoms. The van der Waals surface area contributed by atoms with E-state index in [1.54, 1.807) is 37.0 Å². The van der Waals surface area contributed by atoms with Gasteiger partial charge in [-0.15, -0.1) is 0 Å². The van der Waals surface area contributed by atoms with Gasteiger partial charge in [-0.05, 0) is 55.8 Å². The first-order valence-corrected chi connectivity index (χ1v) is 14.7. The van der Waals surface area contributed by atoms with Crippen molar-refractivity contribution in [2.75, 3.05) is 4.90 Å². The van der Waals surface area contributed by atoms with E-state index in [4.69, 9.17) is 17.2 Å². The summed E-state index contributed by atoms with van der Waals surface area (Å²) in [5.41, 5.74) is 2.44. The number of carbonyl (C=O) groups excluding carboxylic acids is 1. The summed E-state index contributed by atoms with van der Waals surface area (Å²) in [6.07, 6.45) is 3.21. The predicted octanol–water partition coefficient (Wildman–Crippen LogP) is 5.36. The van der Waals surface area contributed by atoms with Crippen molar-refractivity contribution >= 4 is 63.4 Å². The average molecular weight is 598 g/mol. The molecule has 6 rings (SSSR count). The van der Waals surface area contributed by atoms with E-state index in [1.807, 2.05) is 73.7 Å². The highest BCUT2D eigenvalue weighted by Crippen LogP contribution is 2.38. The summed E-state index contributed by atoms with van der Waals surface area (Å²) < 4.78 is 4.90. The van der Waals surface area contributed by atoms with Gasteiger partial charge in [-0.1, -0.05) is 78.2 Å². The number of rotatable bonds is 5. The third kappa shape index (κ3) is 4.65. The molecule has 1 aliphatic heterocycles. The van der Waals surface area contributed by atoms with Gasteiger partial charge in [-0.2, -0.15) is 0 Å². The van der Waals surface area contributed by atoms with Gasteiger partial charge in [0.1, 0.15) is 16.4 Å². The molecule has 11 heteroatoms. The predicted molar refractivity (Wildman–Crippen MR) is 168 cm³/mol. The molecule has 204 valence electrons. The van der Waals surface area contributed by atoms with Crippen LogP contribution in [0.15, 0.2) is 103 Å². The van der Waals surface area contributed by atoms with Gasteiger partial charge in [0, 0.05) is 18.1 Å². The number of anilines is 1. The molecular formula is C30H23N5O3S3. The molecule has 3 aromatic heterocycles. The van der Waals surface area contributed by atoms with E-state index in [-0.39, 0.29) is 31.6 Å². The summed E-state index contributed by atoms with van der Waals surface area (Å²) in [6, 6.07) is 22.5. The van der Waals surface area contributed by atoms with E-state index in [9.17, 15) is 14.4 Å². The molecule has 0 bridgehead atoms. The van der Waals surface area contributed by atoms with Crippen molar-refractivity contribution in [3.63, 3.8) is 0 Å². The van der Waals surface area contributed by atoms with Gasteiger partial charge in [0.2, 0.25) is 0 Å². The van der Waals surface area contributed by atoms with Gasteiger partial charge in [-0.25, -0.2) is 9.67 Å². The zero-order valence-corrected chi connectivity index (χ0v) is 24.7. The Bertz CT molecular complexity index is 2010. The van der Waals surface area contributed by atoms with Crippen molar-refractivity contribution in [1.29, 1.82) is 0 Å². The Kier molecular flexibility index (Phi) is 7.02. The second-order valence-electron chi connectivity index (χ2n) is 9.36. The zero-order valence-electron chi connectivity index (χ0n) is 22.3. The normalized spacial score (nSPS) is 14.5. The van der Waals surface area contributed by atoms with Gasteiger partial charge in [-0.3, -0.25) is 28.4 Å². The summed E-state index contributed by atoms with van der Waals surface area (Å²) >= 11 is 8.02. The quantitative estimate of drug-likeness (QED) is 0.153. The van der Waals surface area contributed by atoms with Crippen molar-refractivity contribution in [2.24, 2.45) is 7.05 Å². The zero-order chi connectivity index (χ0) is 28.8. The van der Waals surface area contributed by atoms with E-state index in [1.165, 1.54) is 25.7 Å². The monoisotopic (exact) mass is 597 g/mol. The van der Waals surface area contributed by atoms with Crippen LogP contribution in [0.1, 0.15) is 16.8 Å². The largest absolute Gasteiger partial charge is 0.296 e. The van der Waals surface area contributed by atoms with Crippen LogP contribution in [-0.4, -0.2) is 29.0 Å². The molecule has 1 saturated heterocycles. The summed E-state index contributed by atoms with van der Waals surface area (Å²) in [5.74, 6) is -0.463. The van der Waals surface area contributed by atoms with Gasteiger partial charge in [0.05, 0.1) is 21.8 Å². The van der Waals surface area contributed by atoms with Crippen LogP contribution < -0.4 is 16.0 Å². The minimum absolute atomic E-state index is 0.185. The van der Waals surface area contributed by atoms with Gasteiger partial charge < -0.3 is 0 Å². The Labute approximate surface area is 248 Å². The van der Waals surface area contributed by atoms with Crippen LogP contribution in [0.4, 0.5) is 5.69 Å². The van der Waals surface area contributed by atoms with Gasteiger partial charge in [0.25, 0.3) is 17.0 Å². The molecule has 1 amide bonds. The summed E-state index contributed by atoms with van der Waals surface area (Å²) in [4.78, 5) is 48.5. The molecule has 1 aliphatic rings. The highest BCUT2D eigenvalue weighted by molar-refractivity contribution is 8.27. The van der Waals surface area contributed by atoms with E-state index in [0.717, 1.165) is 22.2 Å². The molecular weight excluding hydrogens is 575 g/mol. The third-order valence-corrected chi connectivity index (χ3v) is 9.14. The summed E-state index contributed by atoms with van der Waals surface area (Å²) in [6.45, 7) is 3.67. The van der Waals surface area contributed by atoms with Crippen molar-refractivity contribution in [1.82, 2.24) is 18.7 Å². The molecule has 41 heavy (non-hydrogen) atoms. The number of nitrogens with zero attached hydrogens (tertiary/aromatic N) is 5. The summed E-state index contributed by atoms with van der Waals surface area (Å²) in [5, 5.41) is 0.475. The Balaban J connectivity index is 1.48. The molecule has 8 nitrogen and oxygen atoms in total. The minimum atomic E-state index is -0.463. The van der Waals surface area contributed by atoms with E-state index < -0.39 is 5.91 Å². The lowest BCUT2D eigenvalue weighted by molar-refractivity contribution is -0.113. The van der Waals surface area contributed by atoms with Crippen LogP contribution in [0.5, 0.6) is 0 Å². The SMILES string of the molecule is Cc1cccn2c(=O)c(C=C3SC(=S)N(c4c(C)n(C)n(-c5ccccc5)c4=O)C3=O)c(Sc3ccccc3)nc12. The standard InChI is InChI=1S/C30H23N5O3S3/c1-18-11-10-16-33-25(18)31-26(40-21-14-8-5-9-15-21)22(27(33)36)17-23-28(37)34(30(39)41-23)24-19(2)32(3)35(29(24)38)20-12-6-4-7-13-20/h4-17H,1-3H3. The van der Waals surface area contributed by atoms with Crippen molar-refractivity contribution < 1.29 is 4.79 Å². The number of aryl methyl sites for hydroxylation is 1. The smallest absolute Gasteiger partial charge is 0.283 e. The Morgan fingerprint density at radius 2 is 1.59 bits per heavy atom. The molecule has 0 saturated carbocycles. The van der Waals surface area contributed by atoms with Gasteiger partial charge in [0.15, 0.2) is 4.32 Å². The number of pyridine rings is 1. The Morgan fingerprint density at radius 3 is 2.29 bits per heavy atom. The molecule has 2 aromatic carbocycles. The molecule has 0 aliphatic carbocycles. The topological polar surface area (TPSA) is 81.6 Å². The number of hydrogen-bond acceptors (Lipinski definition) is 7. The molecule has 0 atom stereocenters. The van der Waals surface area contributed by atoms with Crippen molar-refractivity contribution in [2.45, 2.75) is 23.8 Å². The second kappa shape index (κ2) is 10.7. The number of benzene rings is 2. The summed E-state index contributed by atoms with van der Waals surface area (Å²) in [7, 11) is 1.76. The van der Waals surface area contributed by atoms with Crippen LogP contribution in [0.25, 0.3) is 17.4 Å². The van der Waals surface area contributed by atoms with Crippen LogP contribution in [0, 0.1) is 13.8 Å². The van der Waals surface area contributed by atoms with Crippen LogP contribution >= 0.6 is 35.7 Å². The average Bonchev–Trinajstić information content (AvgIpc) is 3.36. The maximum absolute atomic E-state index is 13.8. The number of fused-ring (bicyclic) bond motifs is 1. The fourth-order valence-electron chi connectivity index (χ4n) is 4.70. The first kappa shape index (κ1) is 27.0. The fraction of sp³-hybridized carbons (Fsp3) is 0.100. The number of amides is 1. The first-order valence-electron chi connectivity index (χ1n) is 12.6. The van der Waals surface area contributed by atoms with Crippen LogP contribution in [0.3, 0.4) is 0 Å². The molecule has 1 fully saturated rings. The number of hydrogen-bond donors (Lipinski definition) is 0. The number of aromatic nitrogens is 4. The van der Waals surface area contributed by atoms with E-state index in [2.05, 4.69) is 0 Å². The molecule has 4 heterocycles.